The number of rotatable bonds is 8. The summed E-state index contributed by atoms with van der Waals surface area (Å²) >= 11 is 0. The fraction of sp³-hybridized carbons (Fsp3) is 0.304. The average molecular weight is 435 g/mol. The van der Waals surface area contributed by atoms with Crippen molar-refractivity contribution in [2.24, 2.45) is 0 Å². The highest BCUT2D eigenvalue weighted by atomic mass is 16.6. The third-order valence-corrected chi connectivity index (χ3v) is 5.61. The number of aromatic amines is 1. The van der Waals surface area contributed by atoms with Crippen LogP contribution in [0, 0.1) is 10.1 Å². The third kappa shape index (κ3) is 5.30. The van der Waals surface area contributed by atoms with E-state index in [2.05, 4.69) is 49.6 Å². The zero-order valence-electron chi connectivity index (χ0n) is 17.7. The number of anilines is 1. The van der Waals surface area contributed by atoms with E-state index in [1.54, 1.807) is 18.2 Å². The van der Waals surface area contributed by atoms with Crippen LogP contribution in [-0.4, -0.2) is 65.2 Å². The number of nitro groups is 1. The molecular weight excluding hydrogens is 408 g/mol. The van der Waals surface area contributed by atoms with Crippen molar-refractivity contribution >= 4 is 17.3 Å². The topological polar surface area (TPSA) is 107 Å². The molecule has 1 fully saturated rings. The molecule has 0 unspecified atom stereocenters. The highest BCUT2D eigenvalue weighted by molar-refractivity contribution is 5.93. The second-order valence-electron chi connectivity index (χ2n) is 7.75. The predicted octanol–water partition coefficient (Wildman–Crippen LogP) is 2.93. The van der Waals surface area contributed by atoms with Gasteiger partial charge < -0.3 is 10.2 Å². The van der Waals surface area contributed by atoms with Gasteiger partial charge in [-0.3, -0.25) is 24.9 Å². The number of carbonyl (C=O) groups is 1. The molecule has 1 aliphatic heterocycles. The van der Waals surface area contributed by atoms with Gasteiger partial charge in [-0.15, -0.1) is 0 Å². The maximum Gasteiger partial charge on any atom is 0.270 e. The molecule has 1 amide bonds. The number of nitrogens with zero attached hydrogens (tertiary/aromatic N) is 4. The number of non-ortho nitro benzene ring substituents is 1. The Bertz CT molecular complexity index is 1060. The van der Waals surface area contributed by atoms with Crippen LogP contribution in [0.2, 0.25) is 0 Å². The van der Waals surface area contributed by atoms with Crippen molar-refractivity contribution in [3.05, 3.63) is 76.5 Å². The van der Waals surface area contributed by atoms with Crippen molar-refractivity contribution in [3.63, 3.8) is 0 Å². The van der Waals surface area contributed by atoms with Gasteiger partial charge in [0.1, 0.15) is 5.69 Å². The Morgan fingerprint density at radius 1 is 1.06 bits per heavy atom. The summed E-state index contributed by atoms with van der Waals surface area (Å²) in [5.41, 5.74) is 2.67. The molecule has 0 bridgehead atoms. The van der Waals surface area contributed by atoms with Crippen molar-refractivity contribution in [1.82, 2.24) is 20.4 Å². The lowest BCUT2D eigenvalue weighted by Gasteiger charge is -2.36. The lowest BCUT2D eigenvalue weighted by Crippen LogP contribution is -2.47. The molecule has 166 valence electrons. The molecule has 2 aromatic carbocycles. The molecule has 0 spiro atoms. The van der Waals surface area contributed by atoms with Gasteiger partial charge in [0.15, 0.2) is 0 Å². The number of H-pyrrole nitrogens is 1. The predicted molar refractivity (Wildman–Crippen MR) is 123 cm³/mol. The standard InChI is InChI=1S/C23H26N6O3/c30-23(22-17-21(25-26-22)18-6-4-9-20(16-18)29(31)32)24-10-5-11-27-12-14-28(15-13-27)19-7-2-1-3-8-19/h1-4,6-9,16-17H,5,10-15H2,(H,24,30)(H,25,26). The van der Waals surface area contributed by atoms with Gasteiger partial charge in [-0.2, -0.15) is 5.10 Å². The first-order valence-electron chi connectivity index (χ1n) is 10.7. The minimum atomic E-state index is -0.453. The minimum absolute atomic E-state index is 0.0129. The van der Waals surface area contributed by atoms with Crippen molar-refractivity contribution in [3.8, 4) is 11.3 Å². The first kappa shape index (κ1) is 21.5. The number of carbonyl (C=O) groups excluding carboxylic acids is 1. The molecule has 2 heterocycles. The SMILES string of the molecule is O=C(NCCCN1CCN(c2ccccc2)CC1)c1cc(-c2cccc([N+](=O)[O-])c2)n[nH]1. The summed E-state index contributed by atoms with van der Waals surface area (Å²) in [5, 5.41) is 20.7. The number of aromatic nitrogens is 2. The normalized spacial score (nSPS) is 14.3. The maximum atomic E-state index is 12.4. The van der Waals surface area contributed by atoms with Crippen LogP contribution in [0.5, 0.6) is 0 Å². The highest BCUT2D eigenvalue weighted by Gasteiger charge is 2.17. The number of para-hydroxylation sites is 1. The van der Waals surface area contributed by atoms with E-state index in [-0.39, 0.29) is 11.6 Å². The second-order valence-corrected chi connectivity index (χ2v) is 7.75. The highest BCUT2D eigenvalue weighted by Crippen LogP contribution is 2.22. The number of piperazine rings is 1. The molecule has 3 aromatic rings. The van der Waals surface area contributed by atoms with Gasteiger partial charge in [-0.1, -0.05) is 30.3 Å². The van der Waals surface area contributed by atoms with Crippen LogP contribution in [0.15, 0.2) is 60.7 Å². The van der Waals surface area contributed by atoms with E-state index in [1.807, 2.05) is 6.07 Å². The first-order chi connectivity index (χ1) is 15.6. The van der Waals surface area contributed by atoms with E-state index < -0.39 is 4.92 Å². The lowest BCUT2D eigenvalue weighted by molar-refractivity contribution is -0.384. The largest absolute Gasteiger partial charge is 0.369 e. The van der Waals surface area contributed by atoms with Gasteiger partial charge in [0.2, 0.25) is 0 Å². The Labute approximate surface area is 186 Å². The van der Waals surface area contributed by atoms with Crippen molar-refractivity contribution in [1.29, 1.82) is 0 Å². The zero-order valence-corrected chi connectivity index (χ0v) is 17.7. The molecule has 9 heteroatoms. The Kier molecular flexibility index (Phi) is 6.76. The van der Waals surface area contributed by atoms with Gasteiger partial charge >= 0.3 is 0 Å². The minimum Gasteiger partial charge on any atom is -0.369 e. The molecule has 32 heavy (non-hydrogen) atoms. The summed E-state index contributed by atoms with van der Waals surface area (Å²) in [6.45, 7) is 5.54. The first-order valence-corrected chi connectivity index (χ1v) is 10.7. The summed E-state index contributed by atoms with van der Waals surface area (Å²) in [4.78, 5) is 27.7. The van der Waals surface area contributed by atoms with Crippen LogP contribution >= 0.6 is 0 Å². The molecule has 9 nitrogen and oxygen atoms in total. The summed E-state index contributed by atoms with van der Waals surface area (Å²) < 4.78 is 0. The Balaban J connectivity index is 1.20. The number of nitro benzene ring substituents is 1. The third-order valence-electron chi connectivity index (χ3n) is 5.61. The van der Waals surface area contributed by atoms with E-state index in [0.29, 0.717) is 23.5 Å². The molecule has 1 saturated heterocycles. The molecule has 0 aliphatic carbocycles. The fourth-order valence-electron chi connectivity index (χ4n) is 3.83. The maximum absolute atomic E-state index is 12.4. The van der Waals surface area contributed by atoms with E-state index >= 15 is 0 Å². The molecular formula is C23H26N6O3. The van der Waals surface area contributed by atoms with Gasteiger partial charge in [-0.25, -0.2) is 0 Å². The van der Waals surface area contributed by atoms with Crippen molar-refractivity contribution in [2.45, 2.75) is 6.42 Å². The molecule has 0 radical (unpaired) electrons. The van der Waals surface area contributed by atoms with Crippen LogP contribution in [0.4, 0.5) is 11.4 Å². The lowest BCUT2D eigenvalue weighted by atomic mass is 10.1. The van der Waals surface area contributed by atoms with Crippen LogP contribution in [0.25, 0.3) is 11.3 Å². The Morgan fingerprint density at radius 3 is 2.59 bits per heavy atom. The van der Waals surface area contributed by atoms with Crippen LogP contribution in [0.1, 0.15) is 16.9 Å². The molecule has 0 saturated carbocycles. The van der Waals surface area contributed by atoms with Gasteiger partial charge in [0.25, 0.3) is 11.6 Å². The number of nitrogens with one attached hydrogen (secondary N) is 2. The molecule has 4 rings (SSSR count). The van der Waals surface area contributed by atoms with Crippen LogP contribution in [-0.2, 0) is 0 Å². The van der Waals surface area contributed by atoms with E-state index in [4.69, 9.17) is 0 Å². The molecule has 1 aliphatic rings. The van der Waals surface area contributed by atoms with Crippen LogP contribution in [0.3, 0.4) is 0 Å². The Hall–Kier alpha value is -3.72. The average Bonchev–Trinajstić information content (AvgIpc) is 3.33. The zero-order chi connectivity index (χ0) is 22.3. The van der Waals surface area contributed by atoms with Gasteiger partial charge in [-0.05, 0) is 31.2 Å². The van der Waals surface area contributed by atoms with Crippen molar-refractivity contribution < 1.29 is 9.72 Å². The van der Waals surface area contributed by atoms with E-state index in [1.165, 1.54) is 17.8 Å². The fourth-order valence-corrected chi connectivity index (χ4v) is 3.83. The number of hydrogen-bond acceptors (Lipinski definition) is 6. The van der Waals surface area contributed by atoms with Gasteiger partial charge in [0.05, 0.1) is 10.6 Å². The molecule has 0 atom stereocenters. The molecule has 2 N–H and O–H groups in total. The van der Waals surface area contributed by atoms with E-state index in [9.17, 15) is 14.9 Å². The van der Waals surface area contributed by atoms with E-state index in [0.717, 1.165) is 39.1 Å². The summed E-state index contributed by atoms with van der Waals surface area (Å²) in [6, 6.07) is 18.2. The summed E-state index contributed by atoms with van der Waals surface area (Å²) in [5.74, 6) is -0.233. The summed E-state index contributed by atoms with van der Waals surface area (Å²) in [6.07, 6.45) is 0.864. The molecule has 1 aromatic heterocycles. The number of amides is 1. The smallest absolute Gasteiger partial charge is 0.270 e. The quantitative estimate of drug-likeness (QED) is 0.321. The monoisotopic (exact) mass is 434 g/mol. The van der Waals surface area contributed by atoms with Crippen LogP contribution < -0.4 is 10.2 Å². The number of hydrogen-bond donors (Lipinski definition) is 2. The van der Waals surface area contributed by atoms with Crippen molar-refractivity contribution in [2.75, 3.05) is 44.2 Å². The van der Waals surface area contributed by atoms with Gasteiger partial charge in [0, 0.05) is 56.1 Å². The second kappa shape index (κ2) is 10.1. The number of benzene rings is 2. The summed E-state index contributed by atoms with van der Waals surface area (Å²) in [7, 11) is 0. The Morgan fingerprint density at radius 2 is 1.84 bits per heavy atom.